The van der Waals surface area contributed by atoms with Gasteiger partial charge in [0.05, 0.1) is 15.7 Å². The number of fused-ring (bicyclic) bond motifs is 2. The first-order valence-electron chi connectivity index (χ1n) is 8.24. The van der Waals surface area contributed by atoms with Crippen molar-refractivity contribution in [1.82, 2.24) is 9.38 Å². The standard InChI is InChI=1S/C20H19BrFN3/c1-19(2)16-13(6-5-7-15(16)22)17(24-20(19,3)4)12-10-23-18-14(21)8-9-25(18)11-12/h5-11H,1-4H3. The lowest BCUT2D eigenvalue weighted by Crippen LogP contribution is -2.46. The van der Waals surface area contributed by atoms with Crippen LogP contribution in [-0.4, -0.2) is 20.6 Å². The first kappa shape index (κ1) is 16.5. The van der Waals surface area contributed by atoms with Crippen molar-refractivity contribution in [3.63, 3.8) is 0 Å². The highest BCUT2D eigenvalue weighted by atomic mass is 79.9. The van der Waals surface area contributed by atoms with Crippen LogP contribution >= 0.6 is 15.9 Å². The maximum atomic E-state index is 14.8. The lowest BCUT2D eigenvalue weighted by atomic mass is 9.65. The van der Waals surface area contributed by atoms with Crippen LogP contribution in [-0.2, 0) is 5.41 Å². The molecule has 0 saturated carbocycles. The zero-order valence-electron chi connectivity index (χ0n) is 14.6. The molecule has 0 aliphatic carbocycles. The summed E-state index contributed by atoms with van der Waals surface area (Å²) in [5.41, 5.74) is 3.23. The van der Waals surface area contributed by atoms with E-state index in [2.05, 4.69) is 48.6 Å². The normalized spacial score (nSPS) is 18.1. The average molecular weight is 400 g/mol. The largest absolute Gasteiger partial charge is 0.307 e. The molecular formula is C20H19BrFN3. The van der Waals surface area contributed by atoms with Gasteiger partial charge in [0.1, 0.15) is 5.82 Å². The molecular weight excluding hydrogens is 381 g/mol. The Morgan fingerprint density at radius 3 is 2.64 bits per heavy atom. The quantitative estimate of drug-likeness (QED) is 0.556. The predicted octanol–water partition coefficient (Wildman–Crippen LogP) is 5.14. The Kier molecular flexibility index (Phi) is 3.45. The molecule has 0 amide bonds. The van der Waals surface area contributed by atoms with Gasteiger partial charge in [-0.3, -0.25) is 4.99 Å². The minimum absolute atomic E-state index is 0.180. The van der Waals surface area contributed by atoms with Gasteiger partial charge in [0, 0.05) is 40.7 Å². The van der Waals surface area contributed by atoms with Crippen LogP contribution in [0.25, 0.3) is 5.65 Å². The van der Waals surface area contributed by atoms with Gasteiger partial charge in [0.15, 0.2) is 5.65 Å². The molecule has 25 heavy (non-hydrogen) atoms. The van der Waals surface area contributed by atoms with E-state index >= 15 is 0 Å². The number of aromatic nitrogens is 2. The summed E-state index contributed by atoms with van der Waals surface area (Å²) in [7, 11) is 0. The number of aliphatic imine (C=N–C) groups is 1. The van der Waals surface area contributed by atoms with E-state index in [0.29, 0.717) is 0 Å². The molecule has 4 rings (SSSR count). The monoisotopic (exact) mass is 399 g/mol. The second-order valence-electron chi connectivity index (χ2n) is 7.54. The Balaban J connectivity index is 2.00. The zero-order valence-corrected chi connectivity index (χ0v) is 16.2. The minimum Gasteiger partial charge on any atom is -0.307 e. The third-order valence-electron chi connectivity index (χ3n) is 5.53. The molecule has 128 valence electrons. The summed E-state index contributed by atoms with van der Waals surface area (Å²) >= 11 is 3.49. The van der Waals surface area contributed by atoms with Crippen molar-refractivity contribution in [2.45, 2.75) is 38.6 Å². The third-order valence-corrected chi connectivity index (χ3v) is 6.15. The first-order chi connectivity index (χ1) is 11.7. The molecule has 2 aromatic heterocycles. The van der Waals surface area contributed by atoms with Crippen LogP contribution in [0, 0.1) is 5.82 Å². The molecule has 1 aromatic carbocycles. The zero-order chi connectivity index (χ0) is 18.0. The van der Waals surface area contributed by atoms with Gasteiger partial charge in [-0.2, -0.15) is 0 Å². The highest BCUT2D eigenvalue weighted by Crippen LogP contribution is 2.44. The predicted molar refractivity (Wildman–Crippen MR) is 102 cm³/mol. The fourth-order valence-electron chi connectivity index (χ4n) is 3.44. The SMILES string of the molecule is CC1(C)N=C(c2cnc3c(Br)ccn3c2)c2cccc(F)c2C1(C)C. The molecule has 0 spiro atoms. The van der Waals surface area contributed by atoms with Crippen LogP contribution in [0.5, 0.6) is 0 Å². The number of nitrogens with zero attached hydrogens (tertiary/aromatic N) is 3. The van der Waals surface area contributed by atoms with Crippen molar-refractivity contribution >= 4 is 27.3 Å². The van der Waals surface area contributed by atoms with Gasteiger partial charge in [-0.1, -0.05) is 26.0 Å². The van der Waals surface area contributed by atoms with E-state index in [1.165, 1.54) is 6.07 Å². The maximum absolute atomic E-state index is 14.8. The molecule has 0 saturated heterocycles. The van der Waals surface area contributed by atoms with Gasteiger partial charge in [-0.05, 0) is 41.9 Å². The van der Waals surface area contributed by atoms with Crippen LogP contribution < -0.4 is 0 Å². The van der Waals surface area contributed by atoms with E-state index in [9.17, 15) is 4.39 Å². The molecule has 1 aliphatic rings. The Bertz CT molecular complexity index is 1030. The molecule has 0 N–H and O–H groups in total. The van der Waals surface area contributed by atoms with Crippen molar-refractivity contribution in [3.05, 3.63) is 69.8 Å². The average Bonchev–Trinajstić information content (AvgIpc) is 2.92. The number of rotatable bonds is 1. The van der Waals surface area contributed by atoms with Gasteiger partial charge in [0.25, 0.3) is 0 Å². The van der Waals surface area contributed by atoms with Gasteiger partial charge in [0.2, 0.25) is 0 Å². The summed E-state index contributed by atoms with van der Waals surface area (Å²) in [6.45, 7) is 8.22. The second-order valence-corrected chi connectivity index (χ2v) is 8.40. The molecule has 0 atom stereocenters. The number of hydrogen-bond donors (Lipinski definition) is 0. The summed E-state index contributed by atoms with van der Waals surface area (Å²) in [4.78, 5) is 9.56. The second kappa shape index (κ2) is 5.24. The van der Waals surface area contributed by atoms with Crippen molar-refractivity contribution < 1.29 is 4.39 Å². The Hall–Kier alpha value is -2.01. The molecule has 0 bridgehead atoms. The lowest BCUT2D eigenvalue weighted by molar-refractivity contribution is 0.293. The van der Waals surface area contributed by atoms with E-state index in [1.807, 2.05) is 35.1 Å². The van der Waals surface area contributed by atoms with Crippen LogP contribution in [0.15, 0.2) is 52.3 Å². The van der Waals surface area contributed by atoms with Crippen molar-refractivity contribution in [2.75, 3.05) is 0 Å². The molecule has 3 heterocycles. The maximum Gasteiger partial charge on any atom is 0.150 e. The van der Waals surface area contributed by atoms with Gasteiger partial charge < -0.3 is 4.40 Å². The molecule has 0 radical (unpaired) electrons. The molecule has 5 heteroatoms. The van der Waals surface area contributed by atoms with E-state index in [4.69, 9.17) is 4.99 Å². The Labute approximate surface area is 154 Å². The van der Waals surface area contributed by atoms with Crippen molar-refractivity contribution in [3.8, 4) is 0 Å². The lowest BCUT2D eigenvalue weighted by Gasteiger charge is -2.44. The molecule has 3 aromatic rings. The topological polar surface area (TPSA) is 29.7 Å². The van der Waals surface area contributed by atoms with Gasteiger partial charge in [-0.15, -0.1) is 0 Å². The first-order valence-corrected chi connectivity index (χ1v) is 9.03. The number of halogens is 2. The number of benzene rings is 1. The van der Waals surface area contributed by atoms with Gasteiger partial charge >= 0.3 is 0 Å². The molecule has 0 unspecified atom stereocenters. The minimum atomic E-state index is -0.441. The van der Waals surface area contributed by atoms with Crippen LogP contribution in [0.4, 0.5) is 4.39 Å². The smallest absolute Gasteiger partial charge is 0.150 e. The van der Waals surface area contributed by atoms with E-state index in [0.717, 1.165) is 32.5 Å². The fourth-order valence-corrected chi connectivity index (χ4v) is 3.87. The van der Waals surface area contributed by atoms with E-state index in [1.54, 1.807) is 6.07 Å². The van der Waals surface area contributed by atoms with E-state index < -0.39 is 11.0 Å². The summed E-state index contributed by atoms with van der Waals surface area (Å²) < 4.78 is 17.7. The van der Waals surface area contributed by atoms with E-state index in [-0.39, 0.29) is 5.82 Å². The summed E-state index contributed by atoms with van der Waals surface area (Å²) in [5, 5.41) is 0. The van der Waals surface area contributed by atoms with Crippen LogP contribution in [0.1, 0.15) is 44.4 Å². The van der Waals surface area contributed by atoms with Crippen molar-refractivity contribution in [2.24, 2.45) is 4.99 Å². The molecule has 1 aliphatic heterocycles. The Morgan fingerprint density at radius 1 is 1.12 bits per heavy atom. The fraction of sp³-hybridized carbons (Fsp3) is 0.300. The number of hydrogen-bond acceptors (Lipinski definition) is 2. The van der Waals surface area contributed by atoms with Gasteiger partial charge in [-0.25, -0.2) is 9.37 Å². The molecule has 0 fully saturated rings. The Morgan fingerprint density at radius 2 is 1.88 bits per heavy atom. The molecule has 3 nitrogen and oxygen atoms in total. The summed E-state index contributed by atoms with van der Waals surface area (Å²) in [5.74, 6) is -0.180. The third kappa shape index (κ3) is 2.29. The summed E-state index contributed by atoms with van der Waals surface area (Å²) in [6, 6.07) is 7.18. The highest BCUT2D eigenvalue weighted by molar-refractivity contribution is 9.10. The summed E-state index contributed by atoms with van der Waals surface area (Å²) in [6.07, 6.45) is 5.75. The van der Waals surface area contributed by atoms with Crippen molar-refractivity contribution in [1.29, 1.82) is 0 Å². The highest BCUT2D eigenvalue weighted by Gasteiger charge is 2.45. The van der Waals surface area contributed by atoms with Crippen LogP contribution in [0.3, 0.4) is 0 Å². The van der Waals surface area contributed by atoms with Crippen LogP contribution in [0.2, 0.25) is 0 Å².